The molecule has 4 N–H and O–H groups in total. The number of carbonyl (C=O) groups is 1. The van der Waals surface area contributed by atoms with Crippen molar-refractivity contribution in [3.63, 3.8) is 0 Å². The molecule has 0 aliphatic carbocycles. The number of nitrogens with one attached hydrogen (secondary N) is 2. The first-order chi connectivity index (χ1) is 9.19. The summed E-state index contributed by atoms with van der Waals surface area (Å²) in [4.78, 5) is 11.4. The highest BCUT2D eigenvalue weighted by atomic mass is 35.5. The lowest BCUT2D eigenvalue weighted by Gasteiger charge is -2.19. The molecule has 0 saturated heterocycles. The van der Waals surface area contributed by atoms with Crippen LogP contribution in [0, 0.1) is 5.82 Å². The third-order valence-corrected chi connectivity index (χ3v) is 2.49. The van der Waals surface area contributed by atoms with Crippen LogP contribution < -0.4 is 16.4 Å². The maximum Gasteiger partial charge on any atom is 0.407 e. The molecule has 1 amide bonds. The number of anilines is 2. The zero-order valence-electron chi connectivity index (χ0n) is 11.7. The van der Waals surface area contributed by atoms with Crippen LogP contribution in [0.4, 0.5) is 20.6 Å². The van der Waals surface area contributed by atoms with Crippen molar-refractivity contribution in [3.8, 4) is 0 Å². The van der Waals surface area contributed by atoms with Gasteiger partial charge in [0.15, 0.2) is 0 Å². The van der Waals surface area contributed by atoms with Gasteiger partial charge < -0.3 is 21.1 Å². The number of ether oxygens (including phenoxy) is 1. The number of halogens is 2. The Morgan fingerprint density at radius 1 is 1.40 bits per heavy atom. The van der Waals surface area contributed by atoms with Crippen molar-refractivity contribution in [2.75, 3.05) is 24.1 Å². The van der Waals surface area contributed by atoms with Crippen LogP contribution >= 0.6 is 11.6 Å². The molecule has 20 heavy (non-hydrogen) atoms. The number of benzene rings is 1. The molecule has 0 unspecified atom stereocenters. The van der Waals surface area contributed by atoms with Crippen LogP contribution in [0.2, 0.25) is 5.02 Å². The zero-order valence-corrected chi connectivity index (χ0v) is 12.5. The third kappa shape index (κ3) is 5.52. The van der Waals surface area contributed by atoms with E-state index in [1.807, 2.05) is 0 Å². The molecule has 0 saturated carbocycles. The normalized spacial score (nSPS) is 11.1. The molecule has 5 nitrogen and oxygen atoms in total. The Morgan fingerprint density at radius 3 is 2.65 bits per heavy atom. The Kier molecular flexibility index (Phi) is 5.44. The second kappa shape index (κ2) is 6.65. The van der Waals surface area contributed by atoms with Gasteiger partial charge in [-0.1, -0.05) is 11.6 Å². The van der Waals surface area contributed by atoms with Gasteiger partial charge in [-0.25, -0.2) is 9.18 Å². The summed E-state index contributed by atoms with van der Waals surface area (Å²) >= 11 is 5.66. The largest absolute Gasteiger partial charge is 0.444 e. The van der Waals surface area contributed by atoms with Gasteiger partial charge in [-0.15, -0.1) is 0 Å². The lowest BCUT2D eigenvalue weighted by atomic mass is 10.2. The van der Waals surface area contributed by atoms with E-state index in [9.17, 15) is 9.18 Å². The molecule has 1 aromatic rings. The maximum atomic E-state index is 13.1. The molecule has 0 aliphatic rings. The molecular formula is C13H19ClFN3O2. The minimum Gasteiger partial charge on any atom is -0.444 e. The smallest absolute Gasteiger partial charge is 0.407 e. The maximum absolute atomic E-state index is 13.1. The number of hydrogen-bond acceptors (Lipinski definition) is 4. The number of amides is 1. The summed E-state index contributed by atoms with van der Waals surface area (Å²) in [6.07, 6.45) is -0.496. The van der Waals surface area contributed by atoms with Gasteiger partial charge in [-0.05, 0) is 26.8 Å². The quantitative estimate of drug-likeness (QED) is 0.590. The van der Waals surface area contributed by atoms with E-state index in [1.165, 1.54) is 6.07 Å². The Labute approximate surface area is 122 Å². The average molecular weight is 304 g/mol. The molecule has 0 bridgehead atoms. The summed E-state index contributed by atoms with van der Waals surface area (Å²) in [6, 6.07) is 2.55. The van der Waals surface area contributed by atoms with E-state index < -0.39 is 17.5 Å². The topological polar surface area (TPSA) is 76.4 Å². The number of nitrogen functional groups attached to an aromatic ring is 1. The summed E-state index contributed by atoms with van der Waals surface area (Å²) in [6.45, 7) is 6.10. The second-order valence-corrected chi connectivity index (χ2v) is 5.62. The first-order valence-electron chi connectivity index (χ1n) is 6.14. The van der Waals surface area contributed by atoms with E-state index in [1.54, 1.807) is 20.8 Å². The average Bonchev–Trinajstić information content (AvgIpc) is 2.28. The van der Waals surface area contributed by atoms with Gasteiger partial charge in [0.25, 0.3) is 0 Å². The fourth-order valence-electron chi connectivity index (χ4n) is 1.39. The molecular weight excluding hydrogens is 285 g/mol. The van der Waals surface area contributed by atoms with Crippen LogP contribution in [0.15, 0.2) is 12.1 Å². The lowest BCUT2D eigenvalue weighted by molar-refractivity contribution is 0.0530. The van der Waals surface area contributed by atoms with Crippen LogP contribution in [0.3, 0.4) is 0 Å². The van der Waals surface area contributed by atoms with Crippen molar-refractivity contribution in [1.82, 2.24) is 5.32 Å². The van der Waals surface area contributed by atoms with Crippen molar-refractivity contribution in [3.05, 3.63) is 23.0 Å². The third-order valence-electron chi connectivity index (χ3n) is 2.20. The zero-order chi connectivity index (χ0) is 15.3. The Hall–Kier alpha value is -1.69. The number of nitrogens with two attached hydrogens (primary N) is 1. The summed E-state index contributed by atoms with van der Waals surface area (Å²) in [5, 5.41) is 5.52. The Morgan fingerprint density at radius 2 is 2.05 bits per heavy atom. The van der Waals surface area contributed by atoms with Crippen molar-refractivity contribution in [2.45, 2.75) is 26.4 Å². The van der Waals surface area contributed by atoms with Crippen LogP contribution in [0.25, 0.3) is 0 Å². The highest BCUT2D eigenvalue weighted by Gasteiger charge is 2.15. The van der Waals surface area contributed by atoms with Crippen LogP contribution in [0.5, 0.6) is 0 Å². The molecule has 0 fully saturated rings. The van der Waals surface area contributed by atoms with Crippen molar-refractivity contribution in [2.24, 2.45) is 0 Å². The Balaban J connectivity index is 2.38. The number of hydrogen-bond donors (Lipinski definition) is 3. The summed E-state index contributed by atoms with van der Waals surface area (Å²) in [5.41, 5.74) is 5.88. The van der Waals surface area contributed by atoms with Gasteiger partial charge in [0.1, 0.15) is 11.4 Å². The van der Waals surface area contributed by atoms with Gasteiger partial charge in [0.2, 0.25) is 0 Å². The molecule has 1 rings (SSSR count). The van der Waals surface area contributed by atoms with Crippen LogP contribution in [0.1, 0.15) is 20.8 Å². The molecule has 1 aromatic carbocycles. The number of alkyl carbamates (subject to hydrolysis) is 1. The van der Waals surface area contributed by atoms with E-state index in [0.29, 0.717) is 18.8 Å². The fraction of sp³-hybridized carbons (Fsp3) is 0.462. The van der Waals surface area contributed by atoms with E-state index >= 15 is 0 Å². The predicted molar refractivity (Wildman–Crippen MR) is 78.5 cm³/mol. The first kappa shape index (κ1) is 16.4. The summed E-state index contributed by atoms with van der Waals surface area (Å²) in [5.74, 6) is -0.568. The van der Waals surface area contributed by atoms with Crippen molar-refractivity contribution < 1.29 is 13.9 Å². The summed E-state index contributed by atoms with van der Waals surface area (Å²) < 4.78 is 18.2. The van der Waals surface area contributed by atoms with Gasteiger partial charge in [-0.2, -0.15) is 0 Å². The summed E-state index contributed by atoms with van der Waals surface area (Å²) in [7, 11) is 0. The highest BCUT2D eigenvalue weighted by Crippen LogP contribution is 2.25. The second-order valence-electron chi connectivity index (χ2n) is 5.21. The molecule has 0 radical (unpaired) electrons. The van der Waals surface area contributed by atoms with E-state index in [-0.39, 0.29) is 10.7 Å². The van der Waals surface area contributed by atoms with E-state index in [4.69, 9.17) is 22.1 Å². The monoisotopic (exact) mass is 303 g/mol. The molecule has 7 heteroatoms. The minimum atomic E-state index is -0.568. The standard InChI is InChI=1S/C13H19ClFN3O2/c1-13(2,3)20-12(19)18-5-4-17-11-6-8(14)9(15)7-10(11)16/h6-7,17H,4-5,16H2,1-3H3,(H,18,19). The van der Waals surface area contributed by atoms with Gasteiger partial charge >= 0.3 is 6.09 Å². The molecule has 0 atom stereocenters. The first-order valence-corrected chi connectivity index (χ1v) is 6.52. The highest BCUT2D eigenvalue weighted by molar-refractivity contribution is 6.31. The lowest BCUT2D eigenvalue weighted by Crippen LogP contribution is -2.35. The minimum absolute atomic E-state index is 0.0122. The molecule has 0 aromatic heterocycles. The number of rotatable bonds is 4. The molecule has 0 heterocycles. The molecule has 0 aliphatic heterocycles. The predicted octanol–water partition coefficient (Wildman–Crippen LogP) is 3.00. The van der Waals surface area contributed by atoms with Crippen LogP contribution in [-0.2, 0) is 4.74 Å². The van der Waals surface area contributed by atoms with Gasteiger partial charge in [0, 0.05) is 19.2 Å². The van der Waals surface area contributed by atoms with Crippen molar-refractivity contribution in [1.29, 1.82) is 0 Å². The van der Waals surface area contributed by atoms with E-state index in [0.717, 1.165) is 6.07 Å². The molecule has 112 valence electrons. The SMILES string of the molecule is CC(C)(C)OC(=O)NCCNc1cc(Cl)c(F)cc1N. The Bertz CT molecular complexity index is 489. The fourth-order valence-corrected chi connectivity index (χ4v) is 1.55. The van der Waals surface area contributed by atoms with E-state index in [2.05, 4.69) is 10.6 Å². The molecule has 0 spiro atoms. The van der Waals surface area contributed by atoms with Gasteiger partial charge in [-0.3, -0.25) is 0 Å². The van der Waals surface area contributed by atoms with Crippen molar-refractivity contribution >= 4 is 29.1 Å². The number of carbonyl (C=O) groups excluding carboxylic acids is 1. The van der Waals surface area contributed by atoms with Gasteiger partial charge in [0.05, 0.1) is 16.4 Å². The van der Waals surface area contributed by atoms with Crippen LogP contribution in [-0.4, -0.2) is 24.8 Å².